The summed E-state index contributed by atoms with van der Waals surface area (Å²) in [6.45, 7) is 9.65. The summed E-state index contributed by atoms with van der Waals surface area (Å²) in [6.07, 6.45) is 13.3. The molecule has 0 aromatic heterocycles. The zero-order valence-corrected chi connectivity index (χ0v) is 18.1. The first-order valence-electron chi connectivity index (χ1n) is 10.5. The summed E-state index contributed by atoms with van der Waals surface area (Å²) in [5.41, 5.74) is 1.26. The lowest BCUT2D eigenvalue weighted by molar-refractivity contribution is 0.116. The van der Waals surface area contributed by atoms with Crippen LogP contribution in [0.2, 0.25) is 13.1 Å². The van der Waals surface area contributed by atoms with Gasteiger partial charge in [0.15, 0.2) is 0 Å². The minimum absolute atomic E-state index is 0.158. The van der Waals surface area contributed by atoms with E-state index < -0.39 is 8.56 Å². The molecule has 0 aliphatic carbocycles. The van der Waals surface area contributed by atoms with E-state index in [2.05, 4.69) is 57.3 Å². The molecule has 2 nitrogen and oxygen atoms in total. The summed E-state index contributed by atoms with van der Waals surface area (Å²) in [7, 11) is -2.06. The van der Waals surface area contributed by atoms with Crippen LogP contribution in [0, 0.1) is 0 Å². The highest BCUT2D eigenvalue weighted by atomic mass is 28.4. The topological polar surface area (TPSA) is 18.5 Å². The molecule has 144 valence electrons. The summed E-state index contributed by atoms with van der Waals surface area (Å²) in [5, 5.41) is 0. The van der Waals surface area contributed by atoms with Crippen molar-refractivity contribution in [2.45, 2.75) is 97.3 Å². The van der Waals surface area contributed by atoms with E-state index in [1.165, 1.54) is 56.9 Å². The van der Waals surface area contributed by atoms with Crippen LogP contribution in [-0.4, -0.2) is 15.2 Å². The third kappa shape index (κ3) is 10.8. The van der Waals surface area contributed by atoms with Gasteiger partial charge in [-0.15, -0.1) is 0 Å². The highest BCUT2D eigenvalue weighted by Gasteiger charge is 2.28. The maximum Gasteiger partial charge on any atom is 0.332 e. The lowest BCUT2D eigenvalue weighted by atomic mass is 10.1. The predicted octanol–water partition coefficient (Wildman–Crippen LogP) is 7.40. The van der Waals surface area contributed by atoms with Gasteiger partial charge in [-0.05, 0) is 31.5 Å². The van der Waals surface area contributed by atoms with Gasteiger partial charge < -0.3 is 8.85 Å². The average molecular weight is 365 g/mol. The van der Waals surface area contributed by atoms with Crippen LogP contribution in [0.1, 0.15) is 89.7 Å². The van der Waals surface area contributed by atoms with Gasteiger partial charge in [0.2, 0.25) is 0 Å². The van der Waals surface area contributed by atoms with E-state index in [9.17, 15) is 0 Å². The molecule has 0 amide bonds. The lowest BCUT2D eigenvalue weighted by Gasteiger charge is -2.28. The van der Waals surface area contributed by atoms with Gasteiger partial charge in [-0.3, -0.25) is 0 Å². The van der Waals surface area contributed by atoms with Crippen LogP contribution in [-0.2, 0) is 8.85 Å². The Bertz CT molecular complexity index is 419. The Morgan fingerprint density at radius 3 is 1.92 bits per heavy atom. The quantitative estimate of drug-likeness (QED) is 0.238. The molecule has 1 aromatic rings. The molecule has 0 heterocycles. The summed E-state index contributed by atoms with van der Waals surface area (Å²) < 4.78 is 12.5. The normalized spacial score (nSPS) is 13.1. The van der Waals surface area contributed by atoms with Gasteiger partial charge in [-0.25, -0.2) is 0 Å². The number of unbranched alkanes of at least 4 members (excludes halogenated alkanes) is 8. The molecular weight excluding hydrogens is 324 g/mol. The molecule has 0 radical (unpaired) electrons. The fourth-order valence-electron chi connectivity index (χ4n) is 3.16. The van der Waals surface area contributed by atoms with E-state index in [0.717, 1.165) is 19.4 Å². The molecule has 0 aliphatic heterocycles. The Kier molecular flexibility index (Phi) is 12.1. The fraction of sp³-hybridized carbons (Fsp3) is 0.727. The van der Waals surface area contributed by atoms with Crippen molar-refractivity contribution in [2.75, 3.05) is 6.61 Å². The Morgan fingerprint density at radius 2 is 1.36 bits per heavy atom. The summed E-state index contributed by atoms with van der Waals surface area (Å²) in [5.74, 6) is 0. The van der Waals surface area contributed by atoms with Crippen LogP contribution in [0.4, 0.5) is 0 Å². The van der Waals surface area contributed by atoms with Crippen molar-refractivity contribution in [3.8, 4) is 0 Å². The van der Waals surface area contributed by atoms with Gasteiger partial charge in [-0.2, -0.15) is 0 Å². The van der Waals surface area contributed by atoms with E-state index in [1.807, 2.05) is 0 Å². The third-order valence-electron chi connectivity index (χ3n) is 4.67. The van der Waals surface area contributed by atoms with Gasteiger partial charge in [0.05, 0.1) is 6.10 Å². The number of hydrogen-bond donors (Lipinski definition) is 0. The Labute approximate surface area is 157 Å². The molecule has 1 unspecified atom stereocenters. The van der Waals surface area contributed by atoms with E-state index in [4.69, 9.17) is 8.85 Å². The molecular formula is C22H40O2Si. The predicted molar refractivity (Wildman–Crippen MR) is 111 cm³/mol. The number of rotatable bonds is 15. The fourth-order valence-corrected chi connectivity index (χ4v) is 4.85. The minimum atomic E-state index is -2.06. The standard InChI is InChI=1S/C22H40O2Si/c1-5-7-8-9-10-11-12-13-17-20-23-25(3,4)24-22(6-2)21-18-15-14-16-19-21/h14-16,18-19,22H,5-13,17,20H2,1-4H3. The summed E-state index contributed by atoms with van der Waals surface area (Å²) in [6, 6.07) is 10.5. The van der Waals surface area contributed by atoms with Gasteiger partial charge in [0, 0.05) is 6.61 Å². The lowest BCUT2D eigenvalue weighted by Crippen LogP contribution is -2.36. The third-order valence-corrected chi connectivity index (χ3v) is 6.42. The Morgan fingerprint density at radius 1 is 0.800 bits per heavy atom. The van der Waals surface area contributed by atoms with Gasteiger partial charge in [0.1, 0.15) is 0 Å². The molecule has 0 saturated carbocycles. The molecule has 1 atom stereocenters. The minimum Gasteiger partial charge on any atom is -0.394 e. The van der Waals surface area contributed by atoms with Crippen LogP contribution in [0.3, 0.4) is 0 Å². The van der Waals surface area contributed by atoms with Crippen LogP contribution < -0.4 is 0 Å². The monoisotopic (exact) mass is 364 g/mol. The summed E-state index contributed by atoms with van der Waals surface area (Å²) in [4.78, 5) is 0. The van der Waals surface area contributed by atoms with Crippen LogP contribution in [0.25, 0.3) is 0 Å². The largest absolute Gasteiger partial charge is 0.394 e. The van der Waals surface area contributed by atoms with Crippen molar-refractivity contribution in [2.24, 2.45) is 0 Å². The second-order valence-corrected chi connectivity index (χ2v) is 10.8. The first-order valence-corrected chi connectivity index (χ1v) is 13.3. The first-order chi connectivity index (χ1) is 12.1. The van der Waals surface area contributed by atoms with E-state index in [1.54, 1.807) is 0 Å². The summed E-state index contributed by atoms with van der Waals surface area (Å²) >= 11 is 0. The van der Waals surface area contributed by atoms with E-state index in [0.29, 0.717) is 0 Å². The first kappa shape index (κ1) is 22.4. The second kappa shape index (κ2) is 13.5. The van der Waals surface area contributed by atoms with Crippen molar-refractivity contribution >= 4 is 8.56 Å². The van der Waals surface area contributed by atoms with Gasteiger partial charge in [-0.1, -0.05) is 95.5 Å². The highest BCUT2D eigenvalue weighted by molar-refractivity contribution is 6.64. The molecule has 0 spiro atoms. The molecule has 0 bridgehead atoms. The molecule has 0 fully saturated rings. The number of hydrogen-bond acceptors (Lipinski definition) is 2. The van der Waals surface area contributed by atoms with Crippen molar-refractivity contribution in [3.05, 3.63) is 35.9 Å². The SMILES string of the molecule is CCCCCCCCCCCO[Si](C)(C)OC(CC)c1ccccc1. The molecule has 0 saturated heterocycles. The van der Waals surface area contributed by atoms with Gasteiger partial charge in [0.25, 0.3) is 0 Å². The smallest absolute Gasteiger partial charge is 0.332 e. The molecule has 3 heteroatoms. The van der Waals surface area contributed by atoms with Crippen molar-refractivity contribution in [1.82, 2.24) is 0 Å². The van der Waals surface area contributed by atoms with Crippen molar-refractivity contribution in [1.29, 1.82) is 0 Å². The van der Waals surface area contributed by atoms with E-state index >= 15 is 0 Å². The second-order valence-electron chi connectivity index (χ2n) is 7.50. The highest BCUT2D eigenvalue weighted by Crippen LogP contribution is 2.25. The van der Waals surface area contributed by atoms with Crippen LogP contribution in [0.5, 0.6) is 0 Å². The Hall–Kier alpha value is -0.643. The molecule has 1 aromatic carbocycles. The molecule has 1 rings (SSSR count). The van der Waals surface area contributed by atoms with Crippen molar-refractivity contribution < 1.29 is 8.85 Å². The zero-order chi connectivity index (χ0) is 18.4. The zero-order valence-electron chi connectivity index (χ0n) is 17.1. The average Bonchev–Trinajstić information content (AvgIpc) is 2.62. The maximum absolute atomic E-state index is 6.37. The molecule has 0 N–H and O–H groups in total. The molecule has 0 aliphatic rings. The van der Waals surface area contributed by atoms with Crippen LogP contribution in [0.15, 0.2) is 30.3 Å². The van der Waals surface area contributed by atoms with Crippen LogP contribution >= 0.6 is 0 Å². The molecule has 25 heavy (non-hydrogen) atoms. The maximum atomic E-state index is 6.37. The van der Waals surface area contributed by atoms with E-state index in [-0.39, 0.29) is 6.10 Å². The van der Waals surface area contributed by atoms with Crippen molar-refractivity contribution in [3.63, 3.8) is 0 Å². The number of benzene rings is 1. The Balaban J connectivity index is 2.14. The van der Waals surface area contributed by atoms with Gasteiger partial charge >= 0.3 is 8.56 Å².